The van der Waals surface area contributed by atoms with Gasteiger partial charge in [0.05, 0.1) is 0 Å². The van der Waals surface area contributed by atoms with E-state index in [9.17, 15) is 9.59 Å². The lowest BCUT2D eigenvalue weighted by atomic mass is 9.88. The van der Waals surface area contributed by atoms with Crippen LogP contribution in [0.15, 0.2) is 54.6 Å². The SMILES string of the molecule is NC(=O)[C@H](Cc1cccc(OCc2ccccc2)c1)NC(=O)C1CCCCC1. The van der Waals surface area contributed by atoms with E-state index in [1.165, 1.54) is 6.42 Å². The maximum Gasteiger partial charge on any atom is 0.240 e. The van der Waals surface area contributed by atoms with E-state index < -0.39 is 11.9 Å². The van der Waals surface area contributed by atoms with Gasteiger partial charge in [0.2, 0.25) is 11.8 Å². The third kappa shape index (κ3) is 5.84. The zero-order valence-electron chi connectivity index (χ0n) is 16.1. The molecule has 0 spiro atoms. The zero-order chi connectivity index (χ0) is 19.8. The molecule has 0 aliphatic heterocycles. The molecule has 28 heavy (non-hydrogen) atoms. The van der Waals surface area contributed by atoms with E-state index >= 15 is 0 Å². The first-order chi connectivity index (χ1) is 13.6. The maximum absolute atomic E-state index is 12.5. The maximum atomic E-state index is 12.5. The van der Waals surface area contributed by atoms with Gasteiger partial charge in [-0.3, -0.25) is 9.59 Å². The second-order valence-electron chi connectivity index (χ2n) is 7.42. The Hall–Kier alpha value is -2.82. The van der Waals surface area contributed by atoms with Crippen LogP contribution in [0.2, 0.25) is 0 Å². The fraction of sp³-hybridized carbons (Fsp3) is 0.391. The predicted molar refractivity (Wildman–Crippen MR) is 109 cm³/mol. The molecule has 3 rings (SSSR count). The van der Waals surface area contributed by atoms with Gasteiger partial charge in [-0.1, -0.05) is 61.7 Å². The quantitative estimate of drug-likeness (QED) is 0.737. The van der Waals surface area contributed by atoms with Crippen LogP contribution in [0.3, 0.4) is 0 Å². The third-order valence-corrected chi connectivity index (χ3v) is 5.22. The molecule has 5 heteroatoms. The summed E-state index contributed by atoms with van der Waals surface area (Å²) in [4.78, 5) is 24.4. The molecule has 1 aliphatic carbocycles. The lowest BCUT2D eigenvalue weighted by Crippen LogP contribution is -2.48. The molecular formula is C23H28N2O3. The van der Waals surface area contributed by atoms with E-state index in [4.69, 9.17) is 10.5 Å². The molecule has 5 nitrogen and oxygen atoms in total. The second-order valence-corrected chi connectivity index (χ2v) is 7.42. The van der Waals surface area contributed by atoms with Crippen molar-refractivity contribution in [3.63, 3.8) is 0 Å². The van der Waals surface area contributed by atoms with E-state index in [0.717, 1.165) is 42.6 Å². The van der Waals surface area contributed by atoms with Crippen LogP contribution in [0.1, 0.15) is 43.2 Å². The van der Waals surface area contributed by atoms with Crippen LogP contribution in [-0.2, 0) is 22.6 Å². The van der Waals surface area contributed by atoms with Gasteiger partial charge in [-0.05, 0) is 36.1 Å². The lowest BCUT2D eigenvalue weighted by molar-refractivity contribution is -0.130. The average molecular weight is 380 g/mol. The van der Waals surface area contributed by atoms with E-state index in [1.54, 1.807) is 0 Å². The topological polar surface area (TPSA) is 81.4 Å². The molecule has 0 saturated heterocycles. The normalized spacial score (nSPS) is 15.6. The number of amides is 2. The monoisotopic (exact) mass is 380 g/mol. The highest BCUT2D eigenvalue weighted by Gasteiger charge is 2.25. The van der Waals surface area contributed by atoms with Crippen molar-refractivity contribution in [2.75, 3.05) is 0 Å². The Balaban J connectivity index is 1.59. The minimum absolute atomic E-state index is 0.00357. The fourth-order valence-corrected chi connectivity index (χ4v) is 3.62. The van der Waals surface area contributed by atoms with Gasteiger partial charge in [-0.2, -0.15) is 0 Å². The summed E-state index contributed by atoms with van der Waals surface area (Å²) in [5, 5.41) is 2.86. The Labute approximate surface area is 166 Å². The summed E-state index contributed by atoms with van der Waals surface area (Å²) in [5.74, 6) is 0.152. The van der Waals surface area contributed by atoms with Crippen LogP contribution in [0.5, 0.6) is 5.75 Å². The summed E-state index contributed by atoms with van der Waals surface area (Å²) in [5.41, 5.74) is 7.54. The van der Waals surface area contributed by atoms with Crippen LogP contribution < -0.4 is 15.8 Å². The van der Waals surface area contributed by atoms with Gasteiger partial charge in [0.25, 0.3) is 0 Å². The van der Waals surface area contributed by atoms with E-state index in [2.05, 4.69) is 5.32 Å². The first-order valence-corrected chi connectivity index (χ1v) is 9.97. The molecule has 0 bridgehead atoms. The van der Waals surface area contributed by atoms with Crippen molar-refractivity contribution in [3.05, 3.63) is 65.7 Å². The number of carbonyl (C=O) groups is 2. The molecule has 0 aromatic heterocycles. The van der Waals surface area contributed by atoms with Crippen molar-refractivity contribution in [1.29, 1.82) is 0 Å². The molecule has 2 amide bonds. The molecule has 0 unspecified atom stereocenters. The van der Waals surface area contributed by atoms with Crippen molar-refractivity contribution in [2.24, 2.45) is 11.7 Å². The summed E-state index contributed by atoms with van der Waals surface area (Å²) in [6, 6.07) is 16.8. The van der Waals surface area contributed by atoms with Gasteiger partial charge in [0, 0.05) is 12.3 Å². The zero-order valence-corrected chi connectivity index (χ0v) is 16.1. The highest BCUT2D eigenvalue weighted by atomic mass is 16.5. The Bertz CT molecular complexity index is 785. The standard InChI is InChI=1S/C23H28N2O3/c24-22(26)21(25-23(27)19-11-5-2-6-12-19)15-18-10-7-13-20(14-18)28-16-17-8-3-1-4-9-17/h1,3-4,7-10,13-14,19,21H,2,5-6,11-12,15-16H2,(H2,24,26)(H,25,27)/t21-/m0/s1. The summed E-state index contributed by atoms with van der Waals surface area (Å²) in [6.45, 7) is 0.474. The predicted octanol–water partition coefficient (Wildman–Crippen LogP) is 3.36. The van der Waals surface area contributed by atoms with Crippen LogP contribution >= 0.6 is 0 Å². The molecule has 148 valence electrons. The third-order valence-electron chi connectivity index (χ3n) is 5.22. The van der Waals surface area contributed by atoms with Crippen LogP contribution in [0, 0.1) is 5.92 Å². The summed E-state index contributed by atoms with van der Waals surface area (Å²) < 4.78 is 5.85. The molecule has 2 aromatic rings. The number of primary amides is 1. The molecule has 3 N–H and O–H groups in total. The first-order valence-electron chi connectivity index (χ1n) is 9.97. The van der Waals surface area contributed by atoms with Gasteiger partial charge in [0.15, 0.2) is 0 Å². The molecule has 1 saturated carbocycles. The van der Waals surface area contributed by atoms with E-state index in [-0.39, 0.29) is 11.8 Å². The van der Waals surface area contributed by atoms with E-state index in [0.29, 0.717) is 13.0 Å². The van der Waals surface area contributed by atoms with Crippen molar-refractivity contribution in [3.8, 4) is 5.75 Å². The molecule has 1 fully saturated rings. The van der Waals surface area contributed by atoms with Crippen LogP contribution in [-0.4, -0.2) is 17.9 Å². The average Bonchev–Trinajstić information content (AvgIpc) is 2.73. The van der Waals surface area contributed by atoms with Crippen molar-refractivity contribution in [2.45, 2.75) is 51.2 Å². The number of nitrogens with two attached hydrogens (primary N) is 1. The Kier molecular flexibility index (Phi) is 7.06. The van der Waals surface area contributed by atoms with Gasteiger partial charge in [-0.25, -0.2) is 0 Å². The Morgan fingerprint density at radius 1 is 1.00 bits per heavy atom. The summed E-state index contributed by atoms with van der Waals surface area (Å²) >= 11 is 0. The Morgan fingerprint density at radius 3 is 2.43 bits per heavy atom. The summed E-state index contributed by atoms with van der Waals surface area (Å²) in [7, 11) is 0. The fourth-order valence-electron chi connectivity index (χ4n) is 3.62. The van der Waals surface area contributed by atoms with Gasteiger partial charge in [0.1, 0.15) is 18.4 Å². The largest absolute Gasteiger partial charge is 0.489 e. The number of hydrogen-bond acceptors (Lipinski definition) is 3. The van der Waals surface area contributed by atoms with Gasteiger partial charge >= 0.3 is 0 Å². The van der Waals surface area contributed by atoms with Crippen molar-refractivity contribution in [1.82, 2.24) is 5.32 Å². The molecule has 0 heterocycles. The van der Waals surface area contributed by atoms with Crippen LogP contribution in [0.4, 0.5) is 0 Å². The number of carbonyl (C=O) groups excluding carboxylic acids is 2. The van der Waals surface area contributed by atoms with Crippen LogP contribution in [0.25, 0.3) is 0 Å². The van der Waals surface area contributed by atoms with E-state index in [1.807, 2.05) is 54.6 Å². The number of nitrogens with one attached hydrogen (secondary N) is 1. The molecule has 1 aliphatic rings. The number of rotatable bonds is 8. The number of ether oxygens (including phenoxy) is 1. The van der Waals surface area contributed by atoms with Gasteiger partial charge in [-0.15, -0.1) is 0 Å². The smallest absolute Gasteiger partial charge is 0.240 e. The number of hydrogen-bond donors (Lipinski definition) is 2. The van der Waals surface area contributed by atoms with Crippen molar-refractivity contribution >= 4 is 11.8 Å². The second kappa shape index (κ2) is 9.93. The Morgan fingerprint density at radius 2 is 1.71 bits per heavy atom. The summed E-state index contributed by atoms with van der Waals surface area (Å²) in [6.07, 6.45) is 5.45. The molecule has 0 radical (unpaired) electrons. The highest BCUT2D eigenvalue weighted by molar-refractivity contribution is 5.87. The molecule has 1 atom stereocenters. The minimum atomic E-state index is -0.709. The minimum Gasteiger partial charge on any atom is -0.489 e. The lowest BCUT2D eigenvalue weighted by Gasteiger charge is -2.23. The van der Waals surface area contributed by atoms with Gasteiger partial charge < -0.3 is 15.8 Å². The van der Waals surface area contributed by atoms with Crippen molar-refractivity contribution < 1.29 is 14.3 Å². The number of benzene rings is 2. The molecular weight excluding hydrogens is 352 g/mol. The first kappa shape index (κ1) is 19.9. The highest BCUT2D eigenvalue weighted by Crippen LogP contribution is 2.24. The molecule has 2 aromatic carbocycles.